The van der Waals surface area contributed by atoms with Crippen LogP contribution < -0.4 is 65.1 Å². The largest absolute Gasteiger partial charge is 0.508 e. The average Bonchev–Trinajstić information content (AvgIpc) is 1.40. The highest BCUT2D eigenvalue weighted by atomic mass is 32.2. The summed E-state index contributed by atoms with van der Waals surface area (Å²) in [6.07, 6.45) is -1.46. The second kappa shape index (κ2) is 50.2. The summed E-state index contributed by atoms with van der Waals surface area (Å²) in [4.78, 5) is 245. The number of fused-ring (bicyclic) bond motifs is 3. The number of primary amides is 1. The molecule has 4 heterocycles. The first-order valence-corrected chi connectivity index (χ1v) is 45.8. The maximum atomic E-state index is 15.7. The van der Waals surface area contributed by atoms with E-state index in [-0.39, 0.29) is 114 Å². The number of hydrogen-bond acceptors (Lipinski definition) is 22. The van der Waals surface area contributed by atoms with Crippen molar-refractivity contribution in [2.75, 3.05) is 72.0 Å². The third kappa shape index (κ3) is 28.8. The van der Waals surface area contributed by atoms with E-state index in [9.17, 15) is 48.2 Å². The molecule has 3 aliphatic rings. The van der Waals surface area contributed by atoms with Gasteiger partial charge in [-0.15, -0.1) is 11.8 Å². The number of phenolic OH excluding ortho intramolecular Hbond substituents is 1. The normalized spacial score (nSPS) is 24.0. The number of nitrogens with two attached hydrogens (primary N) is 3. The maximum absolute atomic E-state index is 15.7. The van der Waals surface area contributed by atoms with Crippen LogP contribution in [0.3, 0.4) is 0 Å². The summed E-state index contributed by atoms with van der Waals surface area (Å²) in [6.45, 7) is 4.50. The van der Waals surface area contributed by atoms with Gasteiger partial charge >= 0.3 is 0 Å². The van der Waals surface area contributed by atoms with Crippen LogP contribution in [0.5, 0.6) is 5.75 Å². The molecule has 3 saturated heterocycles. The second-order valence-electron chi connectivity index (χ2n) is 34.2. The highest BCUT2D eigenvalue weighted by molar-refractivity contribution is 8.00. The van der Waals surface area contributed by atoms with Crippen LogP contribution in [0.1, 0.15) is 118 Å². The number of aliphatic hydroxyl groups excluding tert-OH is 1. The standard InChI is InChI=1S/C93H121F3N18O19S/c1-8-9-24-73-92(131)114-47-60(117)44-75(114)88(127)107-70(48-133-51-115)85(124)109-80(52(2)3)93(132)111(6)74(41-56-28-26-53(4)27-29-56)87(126)104-66(23-16-35-98)90(129)113-36-17-25-72(113)86(125)106-68(43-58-45-100-64-21-14-13-20-61(58)64)84(123)105-67(39-55-30-32-59(116)33-31-55)83(122)103-65(22-15-34-97)82(121)108-71(81(120)101-46-77(99)118)49-134-50-78(119)102-69(40-57-37-62(94)79(96)63(95)38-57)89(128)112(7)76(91(130)110(73)5)42-54-18-11-10-12-19-54/h10-14,18-21,26-33,37-38,45,51-52,60,65-76,80,100,116-117H,8-9,15-17,22-25,34-36,39-44,46-50,97-98H2,1-7H3,(H2,99,118)(H,101,120)(H,102,119)(H,103,122)(H,104,126)(H,105,123)(H,106,125)(H,107,127)(H,108,121)(H,109,124)/t60-,65-,66-,67-,68-,69-,70-,71-,72+,73-,74-,75+,76-,80-/m0/s1. The minimum Gasteiger partial charge on any atom is -0.508 e. The van der Waals surface area contributed by atoms with Gasteiger partial charge < -0.3 is 109 Å². The number of aliphatic hydroxyl groups is 1. The number of phenols is 1. The number of carbonyl (C=O) groups is 16. The Labute approximate surface area is 777 Å². The van der Waals surface area contributed by atoms with Crippen LogP contribution in [0.4, 0.5) is 13.2 Å². The third-order valence-corrected chi connectivity index (χ3v) is 25.0. The molecule has 3 aliphatic heterocycles. The van der Waals surface area contributed by atoms with Gasteiger partial charge in [0.1, 0.15) is 90.9 Å². The fourth-order valence-corrected chi connectivity index (χ4v) is 17.3. The average molecular weight is 1880 g/mol. The molecule has 0 spiro atoms. The number of H-pyrrole nitrogens is 1. The van der Waals surface area contributed by atoms with E-state index in [2.05, 4.69) is 52.8 Å². The van der Waals surface area contributed by atoms with Crippen LogP contribution in [-0.2, 0) is 114 Å². The summed E-state index contributed by atoms with van der Waals surface area (Å²) >= 11 is 0.657. The smallest absolute Gasteiger partial charge is 0.293 e. The third-order valence-electron chi connectivity index (χ3n) is 24.0. The Morgan fingerprint density at radius 3 is 1.77 bits per heavy atom. The second-order valence-corrected chi connectivity index (χ2v) is 35.3. The number of aryl methyl sites for hydroxylation is 1. The van der Waals surface area contributed by atoms with Crippen molar-refractivity contribution in [3.63, 3.8) is 0 Å². The molecular formula is C93H121F3N18O19S. The molecule has 0 unspecified atom stereocenters. The number of nitrogens with zero attached hydrogens (tertiary/aromatic N) is 5. The van der Waals surface area contributed by atoms with Gasteiger partial charge in [0.2, 0.25) is 88.6 Å². The van der Waals surface area contributed by atoms with Crippen molar-refractivity contribution >= 4 is 118 Å². The van der Waals surface area contributed by atoms with Gasteiger partial charge in [-0.2, -0.15) is 0 Å². The molecule has 0 radical (unpaired) electrons. The first-order chi connectivity index (χ1) is 63.9. The van der Waals surface area contributed by atoms with Crippen LogP contribution in [0, 0.1) is 30.3 Å². The number of halogens is 3. The minimum atomic E-state index is -1.89. The van der Waals surface area contributed by atoms with Crippen molar-refractivity contribution in [3.05, 3.63) is 172 Å². The SMILES string of the molecule is CCCC[C@H]1C(=O)N2C[C@@H](O)C[C@@H]2C(=O)N[C@@H](COC=O)C(=O)N[C@@H](C(C)C)C(=O)N(C)[C@@H](Cc2ccc(C)cc2)C(=O)N[C@@H](CCCN)C(=O)N2CCC[C@@H]2C(=O)N[C@@H](Cc2c[nH]c3ccccc23)C(=O)N[C@@H](Cc2ccc(O)cc2)C(=O)N[C@@H](CCCN)C(=O)N[C@H](C(=O)NCC(N)=O)CSCC(=O)N[C@@H](Cc2cc(F)c(F)c(F)c2)C(=O)N(C)[C@@H](Cc2ccccc2)C(=O)N1C. The van der Waals surface area contributed by atoms with Gasteiger partial charge in [-0.05, 0) is 129 Å². The number of aromatic amines is 1. The molecule has 724 valence electrons. The number of para-hydroxylation sites is 1. The van der Waals surface area contributed by atoms with Crippen LogP contribution in [0.15, 0.2) is 121 Å². The lowest BCUT2D eigenvalue weighted by Gasteiger charge is -2.38. The lowest BCUT2D eigenvalue weighted by atomic mass is 9.98. The Balaban J connectivity index is 1.14. The Kier molecular flexibility index (Phi) is 39.2. The van der Waals surface area contributed by atoms with E-state index in [0.717, 1.165) is 25.2 Å². The van der Waals surface area contributed by atoms with E-state index in [1.54, 1.807) is 106 Å². The molecule has 5 aromatic carbocycles. The lowest BCUT2D eigenvalue weighted by Crippen LogP contribution is -2.62. The van der Waals surface area contributed by atoms with Crippen LogP contribution in [-0.4, -0.2) is 291 Å². The van der Waals surface area contributed by atoms with E-state index < -0.39 is 241 Å². The van der Waals surface area contributed by atoms with E-state index >= 15 is 51.9 Å². The number of benzene rings is 5. The van der Waals surface area contributed by atoms with Gasteiger partial charge in [-0.25, -0.2) is 13.2 Å². The highest BCUT2D eigenvalue weighted by Gasteiger charge is 2.48. The number of aromatic nitrogens is 1. The Morgan fingerprint density at radius 1 is 0.567 bits per heavy atom. The zero-order valence-electron chi connectivity index (χ0n) is 75.9. The van der Waals surface area contributed by atoms with E-state index in [4.69, 9.17) is 21.9 Å². The van der Waals surface area contributed by atoms with Crippen molar-refractivity contribution in [3.8, 4) is 5.75 Å². The molecule has 37 nitrogen and oxygen atoms in total. The molecule has 134 heavy (non-hydrogen) atoms. The molecule has 0 aliphatic carbocycles. The zero-order valence-corrected chi connectivity index (χ0v) is 76.7. The van der Waals surface area contributed by atoms with Gasteiger partial charge in [0.05, 0.1) is 18.4 Å². The Morgan fingerprint density at radius 2 is 1.12 bits per heavy atom. The topological polar surface area (TPSA) is 541 Å². The van der Waals surface area contributed by atoms with E-state index in [0.29, 0.717) is 63.5 Å². The number of amides is 15. The number of carbonyl (C=O) groups excluding carboxylic acids is 16. The van der Waals surface area contributed by atoms with Crippen molar-refractivity contribution in [1.82, 2.24) is 77.3 Å². The Bertz CT molecular complexity index is 5130. The molecule has 3 fully saturated rings. The number of rotatable bonds is 26. The molecule has 6 aromatic rings. The molecule has 9 rings (SSSR count). The first kappa shape index (κ1) is 105. The van der Waals surface area contributed by atoms with Crippen molar-refractivity contribution < 1.29 is 105 Å². The van der Waals surface area contributed by atoms with Crippen molar-refractivity contribution in [2.24, 2.45) is 23.1 Å². The number of nitrogens with one attached hydrogen (secondary N) is 10. The number of likely N-dealkylation sites (N-methyl/N-ethyl adjacent to an activating group) is 3. The van der Waals surface area contributed by atoms with Crippen LogP contribution in [0.2, 0.25) is 0 Å². The lowest BCUT2D eigenvalue weighted by molar-refractivity contribution is -0.152. The predicted octanol–water partition coefficient (Wildman–Crippen LogP) is 0.270. The summed E-state index contributed by atoms with van der Waals surface area (Å²) < 4.78 is 50.2. The molecule has 1 aromatic heterocycles. The highest BCUT2D eigenvalue weighted by Crippen LogP contribution is 2.29. The number of unbranched alkanes of at least 4 members (excludes halogenated alkanes) is 1. The fourth-order valence-electron chi connectivity index (χ4n) is 16.5. The molecule has 15 amide bonds. The van der Waals surface area contributed by atoms with Crippen LogP contribution >= 0.6 is 11.8 Å². The molecule has 14 atom stereocenters. The van der Waals surface area contributed by atoms with Crippen molar-refractivity contribution in [2.45, 2.75) is 209 Å². The number of aromatic hydroxyl groups is 1. The van der Waals surface area contributed by atoms with Gasteiger partial charge in [-0.3, -0.25) is 76.7 Å². The van der Waals surface area contributed by atoms with Crippen LogP contribution in [0.25, 0.3) is 10.9 Å². The summed E-state index contributed by atoms with van der Waals surface area (Å²) in [5.74, 6) is -22.0. The summed E-state index contributed by atoms with van der Waals surface area (Å²) in [6, 6.07) is 8.07. The minimum absolute atomic E-state index is 0.0131. The summed E-state index contributed by atoms with van der Waals surface area (Å²) in [7, 11) is 3.73. The van der Waals surface area contributed by atoms with Gasteiger partial charge in [0.25, 0.3) is 6.47 Å². The molecule has 0 saturated carbocycles. The predicted molar refractivity (Wildman–Crippen MR) is 487 cm³/mol. The molecular weight excluding hydrogens is 1760 g/mol. The quantitative estimate of drug-likeness (QED) is 0.0256. The molecule has 0 bridgehead atoms. The van der Waals surface area contributed by atoms with Gasteiger partial charge in [-0.1, -0.05) is 124 Å². The summed E-state index contributed by atoms with van der Waals surface area (Å²) in [5, 5.41) is 46.2. The van der Waals surface area contributed by atoms with E-state index in [1.807, 2.05) is 6.92 Å². The first-order valence-electron chi connectivity index (χ1n) is 44.6. The molecule has 18 N–H and O–H groups in total. The number of thioether (sulfide) groups is 1. The maximum Gasteiger partial charge on any atom is 0.293 e. The molecule has 41 heteroatoms. The van der Waals surface area contributed by atoms with E-state index in [1.165, 1.54) is 50.3 Å². The Hall–Kier alpha value is -13.0. The van der Waals surface area contributed by atoms with Gasteiger partial charge in [0.15, 0.2) is 17.5 Å². The number of ether oxygens (including phenoxy) is 1. The van der Waals surface area contributed by atoms with Crippen molar-refractivity contribution in [1.29, 1.82) is 0 Å². The van der Waals surface area contributed by atoms with Gasteiger partial charge in [0, 0.05) is 95.6 Å². The fraction of sp³-hybridized carbons (Fsp3) is 0.484. The summed E-state index contributed by atoms with van der Waals surface area (Å²) in [5.41, 5.74) is 20.5. The monoisotopic (exact) mass is 1880 g/mol. The zero-order chi connectivity index (χ0) is 97.7. The number of hydrogen-bond donors (Lipinski definition) is 15.